The van der Waals surface area contributed by atoms with E-state index in [1.165, 1.54) is 0 Å². The Labute approximate surface area is 193 Å². The lowest BCUT2D eigenvalue weighted by Gasteiger charge is -2.19. The summed E-state index contributed by atoms with van der Waals surface area (Å²) in [6.07, 6.45) is 0. The average molecular weight is 448 g/mol. The van der Waals surface area contributed by atoms with E-state index in [-0.39, 0.29) is 12.6 Å². The molecule has 1 aliphatic carbocycles. The summed E-state index contributed by atoms with van der Waals surface area (Å²) < 4.78 is 13.8. The molecule has 0 aromatic heterocycles. The van der Waals surface area contributed by atoms with Gasteiger partial charge in [-0.25, -0.2) is 9.37 Å². The molecule has 164 valence electrons. The van der Waals surface area contributed by atoms with Gasteiger partial charge in [0, 0.05) is 54.2 Å². The van der Waals surface area contributed by atoms with Gasteiger partial charge in [-0.05, 0) is 29.8 Å². The van der Waals surface area contributed by atoms with E-state index in [1.807, 2.05) is 68.0 Å². The summed E-state index contributed by atoms with van der Waals surface area (Å²) in [6.45, 7) is 0.264. The molecule has 0 bridgehead atoms. The maximum Gasteiger partial charge on any atom is 0.338 e. The molecule has 1 aliphatic heterocycles. The Morgan fingerprint density at radius 1 is 1.03 bits per heavy atom. The summed E-state index contributed by atoms with van der Waals surface area (Å²) in [5, 5.41) is 1.98. The van der Waals surface area contributed by atoms with Crippen LogP contribution in [0.5, 0.6) is 0 Å². The summed E-state index contributed by atoms with van der Waals surface area (Å²) >= 11 is 4.15. The zero-order chi connectivity index (χ0) is 22.8. The van der Waals surface area contributed by atoms with Crippen LogP contribution in [0.15, 0.2) is 65.1 Å². The Balaban J connectivity index is 2.08. The molecule has 2 aromatic rings. The van der Waals surface area contributed by atoms with E-state index in [2.05, 4.69) is 36.9 Å². The summed E-state index contributed by atoms with van der Waals surface area (Å²) in [6, 6.07) is 19.8. The summed E-state index contributed by atoms with van der Waals surface area (Å²) in [5.74, 6) is 0.879. The molecule has 0 N–H and O–H groups in total. The van der Waals surface area contributed by atoms with Crippen LogP contribution in [0.2, 0.25) is 0 Å². The number of ether oxygens (including phenoxy) is 1. The highest BCUT2D eigenvalue weighted by molar-refractivity contribution is 7.80. The van der Waals surface area contributed by atoms with Crippen LogP contribution < -0.4 is 14.8 Å². The number of thiol groups is 1. The van der Waals surface area contributed by atoms with Gasteiger partial charge in [-0.15, -0.1) is 0 Å². The Kier molecular flexibility index (Phi) is 6.24. The molecule has 5 nitrogen and oxygen atoms in total. The molecular formula is C26H27N2O3S+. The van der Waals surface area contributed by atoms with E-state index in [0.717, 1.165) is 44.5 Å². The van der Waals surface area contributed by atoms with Crippen LogP contribution in [-0.4, -0.2) is 46.5 Å². The molecule has 0 amide bonds. The summed E-state index contributed by atoms with van der Waals surface area (Å²) in [4.78, 5) is 14.9. The van der Waals surface area contributed by atoms with Gasteiger partial charge >= 0.3 is 5.97 Å². The first kappa shape index (κ1) is 22.0. The van der Waals surface area contributed by atoms with Crippen LogP contribution in [0.3, 0.4) is 0 Å². The first-order valence-electron chi connectivity index (χ1n) is 10.5. The van der Waals surface area contributed by atoms with Gasteiger partial charge in [0.15, 0.2) is 0 Å². The van der Waals surface area contributed by atoms with Gasteiger partial charge in [0.2, 0.25) is 5.36 Å². The molecule has 0 fully saturated rings. The number of nitrogens with zero attached hydrogens (tertiary/aromatic N) is 2. The van der Waals surface area contributed by atoms with Crippen molar-refractivity contribution < 1.29 is 13.9 Å². The molecular weight excluding hydrogens is 420 g/mol. The third-order valence-corrected chi connectivity index (χ3v) is 5.65. The van der Waals surface area contributed by atoms with Crippen molar-refractivity contribution in [2.45, 2.75) is 0 Å². The normalized spacial score (nSPS) is 11.0. The van der Waals surface area contributed by atoms with Crippen molar-refractivity contribution in [1.82, 2.24) is 4.58 Å². The van der Waals surface area contributed by atoms with Gasteiger partial charge in [0.1, 0.15) is 32.0 Å². The molecule has 6 heteroatoms. The second kappa shape index (κ2) is 9.09. The highest BCUT2D eigenvalue weighted by Crippen LogP contribution is 2.42. The Hall–Kier alpha value is -3.25. The Morgan fingerprint density at radius 2 is 1.81 bits per heavy atom. The van der Waals surface area contributed by atoms with Crippen LogP contribution in [0.25, 0.3) is 33.4 Å². The second-order valence-electron chi connectivity index (χ2n) is 8.03. The van der Waals surface area contributed by atoms with Crippen molar-refractivity contribution in [1.29, 1.82) is 0 Å². The molecule has 2 aromatic carbocycles. The smallest absolute Gasteiger partial charge is 0.338 e. The number of benzene rings is 3. The number of esters is 1. The molecule has 0 unspecified atom stereocenters. The highest BCUT2D eigenvalue weighted by atomic mass is 32.1. The van der Waals surface area contributed by atoms with E-state index in [9.17, 15) is 4.79 Å². The van der Waals surface area contributed by atoms with Crippen LogP contribution in [0.4, 0.5) is 5.69 Å². The van der Waals surface area contributed by atoms with E-state index in [1.54, 1.807) is 6.07 Å². The molecule has 0 saturated carbocycles. The molecule has 0 radical (unpaired) electrons. The first-order valence-corrected chi connectivity index (χ1v) is 11.1. The standard InChI is InChI=1S/C26H26N2O3S/c1-27(2)17-9-11-21-23(15-17)31-24-16-18(28(3)4)10-12-22(24)25(21)19-7-5-6-8-20(19)26(29)30-13-14-32/h5-12,15-16H,13-14H2,1-4H3/p+1. The predicted molar refractivity (Wildman–Crippen MR) is 134 cm³/mol. The quantitative estimate of drug-likeness (QED) is 0.213. The van der Waals surface area contributed by atoms with Gasteiger partial charge in [-0.2, -0.15) is 12.6 Å². The lowest BCUT2D eigenvalue weighted by Crippen LogP contribution is -2.21. The van der Waals surface area contributed by atoms with Crippen LogP contribution >= 0.6 is 12.6 Å². The van der Waals surface area contributed by atoms with Crippen molar-refractivity contribution in [2.75, 3.05) is 45.5 Å². The SMILES string of the molecule is CN(C)c1ccc2c(-c3ccccc3C(=O)OCCS)c3ccc(=[N+](C)C)cc-3oc2c1. The predicted octanol–water partition coefficient (Wildman–Crippen LogP) is 4.39. The fourth-order valence-corrected chi connectivity index (χ4v) is 3.90. The first-order chi connectivity index (χ1) is 15.4. The fourth-order valence-electron chi connectivity index (χ4n) is 3.81. The summed E-state index contributed by atoms with van der Waals surface area (Å²) in [5.41, 5.74) is 5.03. The number of hydrogen-bond acceptors (Lipinski definition) is 5. The highest BCUT2D eigenvalue weighted by Gasteiger charge is 2.22. The molecule has 0 saturated heterocycles. The van der Waals surface area contributed by atoms with Crippen molar-refractivity contribution >= 4 is 35.3 Å². The minimum Gasteiger partial charge on any atom is -0.461 e. The third-order valence-electron chi connectivity index (χ3n) is 5.46. The lowest BCUT2D eigenvalue weighted by atomic mass is 9.90. The number of hydrogen-bond donors (Lipinski definition) is 1. The molecule has 32 heavy (non-hydrogen) atoms. The van der Waals surface area contributed by atoms with E-state index in [0.29, 0.717) is 11.3 Å². The molecule has 2 aliphatic rings. The largest absolute Gasteiger partial charge is 0.461 e. The molecule has 0 atom stereocenters. The second-order valence-corrected chi connectivity index (χ2v) is 8.48. The lowest BCUT2D eigenvalue weighted by molar-refractivity contribution is 0.0531. The number of anilines is 1. The topological polar surface area (TPSA) is 45.7 Å². The van der Waals surface area contributed by atoms with Gasteiger partial charge in [0.05, 0.1) is 11.6 Å². The zero-order valence-corrected chi connectivity index (χ0v) is 19.6. The number of carbonyl (C=O) groups excluding carboxylic acids is 1. The van der Waals surface area contributed by atoms with Gasteiger partial charge in [-0.1, -0.05) is 18.2 Å². The van der Waals surface area contributed by atoms with E-state index in [4.69, 9.17) is 9.15 Å². The van der Waals surface area contributed by atoms with Crippen molar-refractivity contribution in [3.05, 3.63) is 71.6 Å². The molecule has 4 rings (SSSR count). The number of fused-ring (bicyclic) bond motifs is 2. The monoisotopic (exact) mass is 447 g/mol. The summed E-state index contributed by atoms with van der Waals surface area (Å²) in [7, 11) is 8.00. The minimum absolute atomic E-state index is 0.264. The molecule has 0 spiro atoms. The maximum absolute atomic E-state index is 12.9. The van der Waals surface area contributed by atoms with E-state index < -0.39 is 0 Å². The average Bonchev–Trinajstić information content (AvgIpc) is 2.80. The van der Waals surface area contributed by atoms with E-state index >= 15 is 0 Å². The van der Waals surface area contributed by atoms with Crippen molar-refractivity contribution in [3.63, 3.8) is 0 Å². The van der Waals surface area contributed by atoms with Gasteiger partial charge in [0.25, 0.3) is 0 Å². The number of carbonyl (C=O) groups is 1. The van der Waals surface area contributed by atoms with Crippen LogP contribution in [0.1, 0.15) is 10.4 Å². The number of rotatable bonds is 5. The van der Waals surface area contributed by atoms with Crippen LogP contribution in [0, 0.1) is 0 Å². The van der Waals surface area contributed by atoms with Crippen molar-refractivity contribution in [3.8, 4) is 22.5 Å². The Bertz CT molecular complexity index is 1340. The Morgan fingerprint density at radius 3 is 2.53 bits per heavy atom. The minimum atomic E-state index is -0.355. The van der Waals surface area contributed by atoms with Crippen molar-refractivity contribution in [2.24, 2.45) is 0 Å². The van der Waals surface area contributed by atoms with Crippen LogP contribution in [-0.2, 0) is 4.74 Å². The molecule has 1 heterocycles. The maximum atomic E-state index is 12.9. The third kappa shape index (κ3) is 4.10. The fraction of sp³-hybridized carbons (Fsp3) is 0.231. The van der Waals surface area contributed by atoms with Gasteiger partial charge < -0.3 is 14.1 Å². The van der Waals surface area contributed by atoms with Gasteiger partial charge in [-0.3, -0.25) is 0 Å². The zero-order valence-electron chi connectivity index (χ0n) is 18.8.